The van der Waals surface area contributed by atoms with Crippen LogP contribution in [0.1, 0.15) is 32.4 Å². The molecule has 0 aromatic carbocycles. The zero-order valence-electron chi connectivity index (χ0n) is 11.5. The standard InChI is InChI=1S/C13H21N3O3/c1-10(2)15(8-11-4-3-7-14-11)9-12-5-6-13(19-12)16(17)18/h5-6,10-11,14H,3-4,7-9H2,1-2H3. The summed E-state index contributed by atoms with van der Waals surface area (Å²) < 4.78 is 5.23. The molecule has 1 saturated heterocycles. The Bertz CT molecular complexity index is 425. The Hall–Kier alpha value is -1.40. The maximum atomic E-state index is 10.6. The van der Waals surface area contributed by atoms with Gasteiger partial charge >= 0.3 is 5.88 Å². The van der Waals surface area contributed by atoms with E-state index in [1.54, 1.807) is 6.07 Å². The molecule has 19 heavy (non-hydrogen) atoms. The summed E-state index contributed by atoms with van der Waals surface area (Å²) >= 11 is 0. The van der Waals surface area contributed by atoms with E-state index in [0.717, 1.165) is 13.1 Å². The van der Waals surface area contributed by atoms with Gasteiger partial charge in [0, 0.05) is 18.6 Å². The Labute approximate surface area is 112 Å². The second-order valence-electron chi connectivity index (χ2n) is 5.31. The lowest BCUT2D eigenvalue weighted by Gasteiger charge is -2.28. The fourth-order valence-electron chi connectivity index (χ4n) is 2.40. The first-order valence-electron chi connectivity index (χ1n) is 6.77. The molecule has 0 amide bonds. The average molecular weight is 267 g/mol. The van der Waals surface area contributed by atoms with Crippen LogP contribution < -0.4 is 5.32 Å². The number of nitrogens with zero attached hydrogens (tertiary/aromatic N) is 2. The highest BCUT2D eigenvalue weighted by Crippen LogP contribution is 2.19. The molecule has 1 unspecified atom stereocenters. The van der Waals surface area contributed by atoms with E-state index < -0.39 is 4.92 Å². The van der Waals surface area contributed by atoms with Crippen molar-refractivity contribution in [3.05, 3.63) is 28.0 Å². The lowest BCUT2D eigenvalue weighted by atomic mass is 10.2. The number of nitro groups is 1. The molecule has 1 aromatic rings. The summed E-state index contributed by atoms with van der Waals surface area (Å²) in [6.45, 7) is 6.91. The SMILES string of the molecule is CC(C)N(Cc1ccc([N+](=O)[O-])o1)CC1CCCN1. The van der Waals surface area contributed by atoms with Crippen LogP contribution in [-0.4, -0.2) is 35.0 Å². The third kappa shape index (κ3) is 3.78. The van der Waals surface area contributed by atoms with Crippen LogP contribution in [0.2, 0.25) is 0 Å². The van der Waals surface area contributed by atoms with E-state index in [0.29, 0.717) is 24.4 Å². The molecule has 2 heterocycles. The smallest absolute Gasteiger partial charge is 0.404 e. The van der Waals surface area contributed by atoms with Gasteiger partial charge in [-0.05, 0) is 39.3 Å². The van der Waals surface area contributed by atoms with E-state index >= 15 is 0 Å². The quantitative estimate of drug-likeness (QED) is 0.631. The lowest BCUT2D eigenvalue weighted by Crippen LogP contribution is -2.40. The highest BCUT2D eigenvalue weighted by Gasteiger charge is 2.21. The highest BCUT2D eigenvalue weighted by molar-refractivity contribution is 5.17. The van der Waals surface area contributed by atoms with Crippen molar-refractivity contribution >= 4 is 5.88 Å². The fraction of sp³-hybridized carbons (Fsp3) is 0.692. The molecule has 0 bridgehead atoms. The molecule has 2 rings (SSSR count). The fourth-order valence-corrected chi connectivity index (χ4v) is 2.40. The van der Waals surface area contributed by atoms with Crippen LogP contribution >= 0.6 is 0 Å². The number of hydrogen-bond acceptors (Lipinski definition) is 5. The van der Waals surface area contributed by atoms with Gasteiger partial charge in [-0.1, -0.05) is 0 Å². The maximum absolute atomic E-state index is 10.6. The molecule has 0 saturated carbocycles. The van der Waals surface area contributed by atoms with Crippen molar-refractivity contribution in [1.29, 1.82) is 0 Å². The Balaban J connectivity index is 1.96. The molecule has 1 aliphatic rings. The summed E-state index contributed by atoms with van der Waals surface area (Å²) in [7, 11) is 0. The second-order valence-corrected chi connectivity index (χ2v) is 5.31. The van der Waals surface area contributed by atoms with Crippen molar-refractivity contribution < 1.29 is 9.34 Å². The molecule has 1 aromatic heterocycles. The van der Waals surface area contributed by atoms with E-state index in [1.807, 2.05) is 0 Å². The van der Waals surface area contributed by atoms with Crippen LogP contribution in [0.15, 0.2) is 16.5 Å². The molecule has 6 nitrogen and oxygen atoms in total. The summed E-state index contributed by atoms with van der Waals surface area (Å²) in [5.41, 5.74) is 0. The van der Waals surface area contributed by atoms with Gasteiger partial charge in [-0.15, -0.1) is 0 Å². The van der Waals surface area contributed by atoms with Crippen molar-refractivity contribution in [2.45, 2.75) is 45.3 Å². The van der Waals surface area contributed by atoms with Gasteiger partial charge in [0.25, 0.3) is 0 Å². The van der Waals surface area contributed by atoms with E-state index in [2.05, 4.69) is 24.1 Å². The van der Waals surface area contributed by atoms with Crippen molar-refractivity contribution in [1.82, 2.24) is 10.2 Å². The van der Waals surface area contributed by atoms with Gasteiger partial charge < -0.3 is 9.73 Å². The predicted octanol–water partition coefficient (Wildman–Crippen LogP) is 2.15. The van der Waals surface area contributed by atoms with E-state index in [-0.39, 0.29) is 5.88 Å². The monoisotopic (exact) mass is 267 g/mol. The Kier molecular flexibility index (Phi) is 4.55. The molecule has 0 spiro atoms. The minimum Gasteiger partial charge on any atom is -0.404 e. The van der Waals surface area contributed by atoms with Crippen molar-refractivity contribution in [3.8, 4) is 0 Å². The highest BCUT2D eigenvalue weighted by atomic mass is 16.6. The van der Waals surface area contributed by atoms with Crippen LogP contribution in [-0.2, 0) is 6.54 Å². The third-order valence-electron chi connectivity index (χ3n) is 3.53. The molecule has 1 fully saturated rings. The summed E-state index contributed by atoms with van der Waals surface area (Å²) in [5.74, 6) is 0.469. The maximum Gasteiger partial charge on any atom is 0.433 e. The second kappa shape index (κ2) is 6.16. The van der Waals surface area contributed by atoms with Crippen LogP contribution in [0, 0.1) is 10.1 Å². The predicted molar refractivity (Wildman–Crippen MR) is 71.9 cm³/mol. The minimum atomic E-state index is -0.498. The lowest BCUT2D eigenvalue weighted by molar-refractivity contribution is -0.402. The van der Waals surface area contributed by atoms with Gasteiger partial charge in [0.05, 0.1) is 12.6 Å². The largest absolute Gasteiger partial charge is 0.433 e. The van der Waals surface area contributed by atoms with Crippen LogP contribution in [0.3, 0.4) is 0 Å². The normalized spacial score (nSPS) is 19.5. The topological polar surface area (TPSA) is 71.5 Å². The minimum absolute atomic E-state index is 0.183. The molecular weight excluding hydrogens is 246 g/mol. The van der Waals surface area contributed by atoms with Crippen LogP contribution in [0.25, 0.3) is 0 Å². The number of hydrogen-bond donors (Lipinski definition) is 1. The van der Waals surface area contributed by atoms with Crippen LogP contribution in [0.4, 0.5) is 5.88 Å². The molecule has 1 N–H and O–H groups in total. The van der Waals surface area contributed by atoms with Gasteiger partial charge in [0.15, 0.2) is 0 Å². The number of furan rings is 1. The molecule has 0 radical (unpaired) electrons. The average Bonchev–Trinajstić information content (AvgIpc) is 2.98. The molecule has 6 heteroatoms. The van der Waals surface area contributed by atoms with E-state index in [9.17, 15) is 10.1 Å². The van der Waals surface area contributed by atoms with Crippen molar-refractivity contribution in [2.24, 2.45) is 0 Å². The molecule has 1 aliphatic heterocycles. The zero-order chi connectivity index (χ0) is 13.8. The summed E-state index contributed by atoms with van der Waals surface area (Å²) in [5, 5.41) is 14.1. The molecular formula is C13H21N3O3. The van der Waals surface area contributed by atoms with Crippen LogP contribution in [0.5, 0.6) is 0 Å². The van der Waals surface area contributed by atoms with Gasteiger partial charge in [-0.2, -0.15) is 0 Å². The van der Waals surface area contributed by atoms with Crippen molar-refractivity contribution in [2.75, 3.05) is 13.1 Å². The first-order valence-corrected chi connectivity index (χ1v) is 6.77. The molecule has 0 aliphatic carbocycles. The summed E-state index contributed by atoms with van der Waals surface area (Å²) in [6, 6.07) is 4.01. The van der Waals surface area contributed by atoms with E-state index in [4.69, 9.17) is 4.42 Å². The first-order chi connectivity index (χ1) is 9.06. The zero-order valence-corrected chi connectivity index (χ0v) is 11.5. The van der Waals surface area contributed by atoms with Gasteiger partial charge in [0.1, 0.15) is 10.7 Å². The number of nitrogens with one attached hydrogen (secondary N) is 1. The van der Waals surface area contributed by atoms with Gasteiger partial charge in [-0.25, -0.2) is 0 Å². The molecule has 106 valence electrons. The summed E-state index contributed by atoms with van der Waals surface area (Å²) in [6.07, 6.45) is 2.42. The summed E-state index contributed by atoms with van der Waals surface area (Å²) in [4.78, 5) is 12.4. The number of rotatable bonds is 6. The Morgan fingerprint density at radius 2 is 2.37 bits per heavy atom. The Morgan fingerprint density at radius 1 is 1.58 bits per heavy atom. The van der Waals surface area contributed by atoms with Gasteiger partial charge in [0.2, 0.25) is 0 Å². The van der Waals surface area contributed by atoms with Crippen molar-refractivity contribution in [3.63, 3.8) is 0 Å². The first kappa shape index (κ1) is 14.0. The Morgan fingerprint density at radius 3 is 2.89 bits per heavy atom. The third-order valence-corrected chi connectivity index (χ3v) is 3.53. The molecule has 1 atom stereocenters. The van der Waals surface area contributed by atoms with Gasteiger partial charge in [-0.3, -0.25) is 15.0 Å². The van der Waals surface area contributed by atoms with E-state index in [1.165, 1.54) is 18.9 Å².